The molecular weight excluding hydrogens is 1190 g/mol. The van der Waals surface area contributed by atoms with Crippen molar-refractivity contribution < 1.29 is 0 Å². The smallest absolute Gasteiger partial charge is 0.0727 e. The molecule has 0 saturated heterocycles. The lowest BCUT2D eigenvalue weighted by Gasteiger charge is -2.09. The van der Waals surface area contributed by atoms with E-state index in [1.807, 2.05) is 45.3 Å². The van der Waals surface area contributed by atoms with Crippen molar-refractivity contribution in [2.24, 2.45) is 0 Å². The largest absolute Gasteiger partial charge is 0.308 e. The van der Waals surface area contributed by atoms with E-state index in [0.29, 0.717) is 0 Å². The highest BCUT2D eigenvalue weighted by Crippen LogP contribution is 2.49. The van der Waals surface area contributed by atoms with Gasteiger partial charge in [0.25, 0.3) is 0 Å². The number of rotatable bonds is 7. The molecule has 0 aliphatic heterocycles. The second kappa shape index (κ2) is 21.5. The average molecular weight is 1240 g/mol. The van der Waals surface area contributed by atoms with Crippen LogP contribution in [0.15, 0.2) is 315 Å². The van der Waals surface area contributed by atoms with Gasteiger partial charge in [-0.1, -0.05) is 243 Å². The second-order valence-corrected chi connectivity index (χ2v) is 28.0. The Morgan fingerprint density at radius 1 is 0.207 bits per heavy atom. The molecular formula is C86H52N2S4. The van der Waals surface area contributed by atoms with Gasteiger partial charge in [-0.25, -0.2) is 0 Å². The van der Waals surface area contributed by atoms with E-state index in [9.17, 15) is 0 Å². The van der Waals surface area contributed by atoms with Gasteiger partial charge in [0.2, 0.25) is 0 Å². The molecule has 20 aromatic rings. The highest BCUT2D eigenvalue weighted by Gasteiger charge is 2.22. The minimum Gasteiger partial charge on any atom is -0.308 e. The maximum atomic E-state index is 2.44. The third-order valence-corrected chi connectivity index (χ3v) is 23.4. The Labute approximate surface area is 546 Å². The van der Waals surface area contributed by atoms with Crippen molar-refractivity contribution in [2.45, 2.75) is 0 Å². The summed E-state index contributed by atoms with van der Waals surface area (Å²) in [6.07, 6.45) is 0. The van der Waals surface area contributed by atoms with E-state index in [0.717, 1.165) is 0 Å². The van der Waals surface area contributed by atoms with Crippen molar-refractivity contribution in [1.82, 2.24) is 9.13 Å². The summed E-state index contributed by atoms with van der Waals surface area (Å²) in [6.45, 7) is 0. The van der Waals surface area contributed by atoms with Crippen LogP contribution in [-0.2, 0) is 0 Å². The maximum absolute atomic E-state index is 2.44. The van der Waals surface area contributed by atoms with Gasteiger partial charge < -0.3 is 9.13 Å². The molecule has 0 radical (unpaired) electrons. The van der Waals surface area contributed by atoms with Gasteiger partial charge in [-0.05, 0) is 139 Å². The first-order chi connectivity index (χ1) is 45.6. The second-order valence-electron chi connectivity index (χ2n) is 23.8. The van der Waals surface area contributed by atoms with E-state index in [4.69, 9.17) is 0 Å². The molecule has 14 aromatic carbocycles. The van der Waals surface area contributed by atoms with E-state index in [1.165, 1.54) is 181 Å². The molecule has 0 atom stereocenters. The minimum atomic E-state index is 1.19. The molecule has 0 aliphatic carbocycles. The summed E-state index contributed by atoms with van der Waals surface area (Å²) in [5.41, 5.74) is 20.1. The van der Waals surface area contributed by atoms with E-state index >= 15 is 0 Å². The van der Waals surface area contributed by atoms with Crippen molar-refractivity contribution in [2.75, 3.05) is 0 Å². The van der Waals surface area contributed by atoms with Crippen LogP contribution in [0.25, 0.3) is 181 Å². The van der Waals surface area contributed by atoms with Gasteiger partial charge in [-0.2, -0.15) is 0 Å². The zero-order valence-corrected chi connectivity index (χ0v) is 52.8. The minimum absolute atomic E-state index is 1.19. The highest BCUT2D eigenvalue weighted by atomic mass is 32.1. The predicted molar refractivity (Wildman–Crippen MR) is 403 cm³/mol. The first-order valence-electron chi connectivity index (χ1n) is 31.2. The number of fused-ring (bicyclic) bond motifs is 18. The zero-order valence-electron chi connectivity index (χ0n) is 49.5. The number of aromatic nitrogens is 2. The SMILES string of the molecule is c1ccc(-c2cccc3c2sc2cccc(-c4ccc(-c5ccc6sc7c8ccccc8n(-c8ccccc8)c7c6c5)cc4)c23)cc1.c1ccc(-n2c3ccccc3c3sc4ccc(-c5ccc(-c6cccc7sc8c9ccccc9ccc8c67)cc5)cc4c32)cc1. The predicted octanol–water partition coefficient (Wildman–Crippen LogP) is 26.2. The van der Waals surface area contributed by atoms with Gasteiger partial charge >= 0.3 is 0 Å². The lowest BCUT2D eigenvalue weighted by atomic mass is 9.95. The monoisotopic (exact) mass is 1240 g/mol. The molecule has 0 amide bonds. The number of hydrogen-bond donors (Lipinski definition) is 0. The summed E-state index contributed by atoms with van der Waals surface area (Å²) in [7, 11) is 0. The molecule has 20 rings (SSSR count). The fourth-order valence-corrected chi connectivity index (χ4v) is 19.3. The van der Waals surface area contributed by atoms with Crippen LogP contribution in [0, 0.1) is 0 Å². The highest BCUT2D eigenvalue weighted by molar-refractivity contribution is 7.28. The normalized spacial score (nSPS) is 11.9. The summed E-state index contributed by atoms with van der Waals surface area (Å²) in [5, 5.41) is 13.2. The summed E-state index contributed by atoms with van der Waals surface area (Å²) < 4.78 is 15.6. The number of nitrogens with zero attached hydrogens (tertiary/aromatic N) is 2. The zero-order chi connectivity index (χ0) is 60.4. The van der Waals surface area contributed by atoms with Crippen LogP contribution in [0.1, 0.15) is 0 Å². The van der Waals surface area contributed by atoms with Crippen LogP contribution in [-0.4, -0.2) is 9.13 Å². The first kappa shape index (κ1) is 53.2. The fraction of sp³-hybridized carbons (Fsp3) is 0. The van der Waals surface area contributed by atoms with Crippen LogP contribution in [0.3, 0.4) is 0 Å². The van der Waals surface area contributed by atoms with Crippen LogP contribution >= 0.6 is 45.3 Å². The third-order valence-electron chi connectivity index (χ3n) is 18.6. The Morgan fingerprint density at radius 2 is 0.598 bits per heavy atom. The lowest BCUT2D eigenvalue weighted by molar-refractivity contribution is 1.19. The molecule has 0 spiro atoms. The number of benzene rings is 14. The van der Waals surface area contributed by atoms with Crippen molar-refractivity contribution in [3.8, 4) is 67.0 Å². The van der Waals surface area contributed by atoms with Crippen molar-refractivity contribution in [3.05, 3.63) is 315 Å². The van der Waals surface area contributed by atoms with E-state index in [2.05, 4.69) is 325 Å². The Hall–Kier alpha value is -10.7. The molecule has 0 aliphatic rings. The average Bonchev–Trinajstić information content (AvgIpc) is 1.63. The molecule has 0 bridgehead atoms. The summed E-state index contributed by atoms with van der Waals surface area (Å²) in [4.78, 5) is 0. The number of thiophene rings is 4. The quantitative estimate of drug-likeness (QED) is 0.151. The topological polar surface area (TPSA) is 9.86 Å². The van der Waals surface area contributed by atoms with Gasteiger partial charge in [-0.3, -0.25) is 0 Å². The summed E-state index contributed by atoms with van der Waals surface area (Å²) in [5.74, 6) is 0. The van der Waals surface area contributed by atoms with Gasteiger partial charge in [-0.15, -0.1) is 45.3 Å². The number of hydrogen-bond acceptors (Lipinski definition) is 4. The number of para-hydroxylation sites is 4. The molecule has 2 nitrogen and oxygen atoms in total. The van der Waals surface area contributed by atoms with Crippen LogP contribution < -0.4 is 0 Å². The molecule has 0 saturated carbocycles. The van der Waals surface area contributed by atoms with Gasteiger partial charge in [0, 0.05) is 82.7 Å². The molecule has 430 valence electrons. The van der Waals surface area contributed by atoms with Gasteiger partial charge in [0.1, 0.15) is 0 Å². The van der Waals surface area contributed by atoms with E-state index < -0.39 is 0 Å². The Kier molecular flexibility index (Phi) is 12.4. The van der Waals surface area contributed by atoms with E-state index in [-0.39, 0.29) is 0 Å². The van der Waals surface area contributed by atoms with E-state index in [1.54, 1.807) is 0 Å². The summed E-state index contributed by atoms with van der Waals surface area (Å²) in [6, 6.07) is 116. The molecule has 6 heterocycles. The molecule has 0 unspecified atom stereocenters. The van der Waals surface area contributed by atoms with Crippen LogP contribution in [0.2, 0.25) is 0 Å². The Bertz CT molecular complexity index is 6280. The lowest BCUT2D eigenvalue weighted by Crippen LogP contribution is -1.92. The van der Waals surface area contributed by atoms with Crippen LogP contribution in [0.4, 0.5) is 0 Å². The fourth-order valence-electron chi connectivity index (χ4n) is 14.4. The van der Waals surface area contributed by atoms with Crippen molar-refractivity contribution in [3.63, 3.8) is 0 Å². The standard InChI is InChI=1S/C44H27NS2.C42H25NS2/c1-3-11-29(12-4-1)34-17-9-18-36-41-33(16-10-20-40(41)47-43(34)36)30-23-21-28(22-24-30)31-25-26-39-37(27-31)42-44(46-39)35-15-7-8-19-38(35)45(42)32-13-5-2-6-14-32;1-2-10-30(11-3-1)43-36-15-7-6-13-33(36)42-40(43)35-25-29(22-24-37(35)44-42)26-17-19-28(20-18-26)31-14-8-16-38-39(31)34-23-21-27-9-4-5-12-32(27)41(34)45-38/h1-27H;1-25H. The van der Waals surface area contributed by atoms with Crippen molar-refractivity contribution in [1.29, 1.82) is 0 Å². The molecule has 6 heteroatoms. The van der Waals surface area contributed by atoms with Crippen molar-refractivity contribution >= 4 is 159 Å². The van der Waals surface area contributed by atoms with Gasteiger partial charge in [0.15, 0.2) is 0 Å². The molecule has 0 N–H and O–H groups in total. The molecule has 92 heavy (non-hydrogen) atoms. The molecule has 6 aromatic heterocycles. The maximum Gasteiger partial charge on any atom is 0.0727 e. The van der Waals surface area contributed by atoms with Gasteiger partial charge in [0.05, 0.1) is 31.5 Å². The molecule has 0 fully saturated rings. The Morgan fingerprint density at radius 3 is 1.14 bits per heavy atom. The summed E-state index contributed by atoms with van der Waals surface area (Å²) >= 11 is 7.58. The van der Waals surface area contributed by atoms with Crippen LogP contribution in [0.5, 0.6) is 0 Å². The first-order valence-corrected chi connectivity index (χ1v) is 34.5. The Balaban J connectivity index is 0.000000132. The third kappa shape index (κ3) is 8.49.